The van der Waals surface area contributed by atoms with Crippen LogP contribution in [-0.2, 0) is 18.6 Å². The molecule has 0 bridgehead atoms. The minimum atomic E-state index is -0.189. The van der Waals surface area contributed by atoms with Crippen LogP contribution in [0.5, 0.6) is 0 Å². The third-order valence-corrected chi connectivity index (χ3v) is 1.09. The van der Waals surface area contributed by atoms with Gasteiger partial charge in [-0.15, -0.1) is 13.1 Å². The number of aliphatic hydroxyl groups excluding tert-OH is 1. The molecule has 0 spiro atoms. The smallest absolute Gasteiger partial charge is 0.0495 e. The number of rotatable bonds is 5. The monoisotopic (exact) mass is 181 g/mol. The van der Waals surface area contributed by atoms with Gasteiger partial charge in [0.25, 0.3) is 0 Å². The van der Waals surface area contributed by atoms with Crippen LogP contribution in [0.1, 0.15) is 26.7 Å². The third kappa shape index (κ3) is 11.3. The van der Waals surface area contributed by atoms with Crippen molar-refractivity contribution in [2.75, 3.05) is 13.1 Å². The summed E-state index contributed by atoms with van der Waals surface area (Å²) in [4.78, 5) is 0. The number of aliphatic hydroxyl groups is 1. The van der Waals surface area contributed by atoms with Crippen LogP contribution in [0.2, 0.25) is 0 Å². The molecule has 1 unspecified atom stereocenters. The molecule has 0 rings (SSSR count). The maximum Gasteiger partial charge on any atom is 0.0495 e. The summed E-state index contributed by atoms with van der Waals surface area (Å²) in [7, 11) is 0. The van der Waals surface area contributed by atoms with Crippen molar-refractivity contribution in [2.45, 2.75) is 32.8 Å². The zero-order valence-corrected chi connectivity index (χ0v) is 8.14. The Hall–Kier alpha value is 0.504. The van der Waals surface area contributed by atoms with E-state index in [1.165, 1.54) is 0 Å². The zero-order chi connectivity index (χ0) is 7.11. The maximum absolute atomic E-state index is 8.79. The van der Waals surface area contributed by atoms with Gasteiger partial charge in [-0.25, -0.2) is 0 Å². The van der Waals surface area contributed by atoms with Crippen molar-refractivity contribution in [3.05, 3.63) is 5.32 Å². The van der Waals surface area contributed by atoms with E-state index in [0.29, 0.717) is 0 Å². The molecule has 10 heavy (non-hydrogen) atoms. The van der Waals surface area contributed by atoms with E-state index in [4.69, 9.17) is 5.11 Å². The van der Waals surface area contributed by atoms with Gasteiger partial charge in [0.2, 0.25) is 0 Å². The van der Waals surface area contributed by atoms with Crippen LogP contribution in [0.3, 0.4) is 0 Å². The second kappa shape index (κ2) is 9.50. The van der Waals surface area contributed by atoms with E-state index in [1.54, 1.807) is 6.92 Å². The van der Waals surface area contributed by atoms with Gasteiger partial charge in [0.05, 0.1) is 0 Å². The Kier molecular flexibility index (Phi) is 12.5. The van der Waals surface area contributed by atoms with E-state index >= 15 is 0 Å². The summed E-state index contributed by atoms with van der Waals surface area (Å²) in [6.45, 7) is 5.64. The van der Waals surface area contributed by atoms with Crippen LogP contribution < -0.4 is 0 Å². The van der Waals surface area contributed by atoms with Crippen molar-refractivity contribution < 1.29 is 23.7 Å². The summed E-state index contributed by atoms with van der Waals surface area (Å²) in [6, 6.07) is 0. The van der Waals surface area contributed by atoms with Gasteiger partial charge in [0.15, 0.2) is 0 Å². The van der Waals surface area contributed by atoms with Crippen molar-refractivity contribution in [3.63, 3.8) is 0 Å². The molecule has 0 aliphatic carbocycles. The molecule has 0 aromatic rings. The van der Waals surface area contributed by atoms with Gasteiger partial charge in [0.1, 0.15) is 0 Å². The fourth-order valence-electron chi connectivity index (χ4n) is 0.548. The first-order chi connectivity index (χ1) is 4.27. The summed E-state index contributed by atoms with van der Waals surface area (Å²) >= 11 is 0. The number of nitrogens with zero attached hydrogens (tertiary/aromatic N) is 1. The molecule has 0 heterocycles. The van der Waals surface area contributed by atoms with Gasteiger partial charge in [0, 0.05) is 24.7 Å². The molecule has 0 saturated carbocycles. The molecule has 0 aromatic carbocycles. The standard InChI is InChI=1S/C7H16NO.V/c1-3-5-8-6-4-7(2)9;/h7,9H,3-6H2,1-2H3;/q-1;. The Balaban J connectivity index is 0. The van der Waals surface area contributed by atoms with Crippen molar-refractivity contribution in [3.8, 4) is 0 Å². The van der Waals surface area contributed by atoms with E-state index < -0.39 is 0 Å². The molecule has 2 nitrogen and oxygen atoms in total. The van der Waals surface area contributed by atoms with Gasteiger partial charge in [-0.2, -0.15) is 0 Å². The molecule has 1 atom stereocenters. The average Bonchev–Trinajstić information content (AvgIpc) is 1.80. The first kappa shape index (κ1) is 13.1. The van der Waals surface area contributed by atoms with E-state index in [2.05, 4.69) is 12.2 Å². The summed E-state index contributed by atoms with van der Waals surface area (Å²) < 4.78 is 0. The van der Waals surface area contributed by atoms with Gasteiger partial charge in [-0.1, -0.05) is 13.3 Å². The maximum atomic E-state index is 8.79. The minimum absolute atomic E-state index is 0. The quantitative estimate of drug-likeness (QED) is 0.641. The minimum Gasteiger partial charge on any atom is -0.662 e. The summed E-state index contributed by atoms with van der Waals surface area (Å²) in [5.41, 5.74) is 0. The largest absolute Gasteiger partial charge is 0.662 e. The average molecular weight is 181 g/mol. The Morgan fingerprint density at radius 3 is 2.40 bits per heavy atom. The summed E-state index contributed by atoms with van der Waals surface area (Å²) in [5, 5.41) is 13.0. The van der Waals surface area contributed by atoms with E-state index in [1.807, 2.05) is 0 Å². The van der Waals surface area contributed by atoms with Crippen LogP contribution in [0.25, 0.3) is 5.32 Å². The fraction of sp³-hybridized carbons (Fsp3) is 1.00. The molecule has 0 aromatic heterocycles. The Morgan fingerprint density at radius 1 is 1.40 bits per heavy atom. The number of hydrogen-bond acceptors (Lipinski definition) is 1. The van der Waals surface area contributed by atoms with E-state index in [0.717, 1.165) is 25.9 Å². The van der Waals surface area contributed by atoms with Crippen LogP contribution >= 0.6 is 0 Å². The second-order valence-corrected chi connectivity index (χ2v) is 2.31. The molecule has 0 saturated heterocycles. The normalized spacial score (nSPS) is 12.3. The number of hydrogen-bond donors (Lipinski definition) is 1. The van der Waals surface area contributed by atoms with Crippen molar-refractivity contribution in [1.82, 2.24) is 0 Å². The van der Waals surface area contributed by atoms with Gasteiger partial charge in [-0.05, 0) is 13.3 Å². The zero-order valence-electron chi connectivity index (χ0n) is 6.75. The van der Waals surface area contributed by atoms with Crippen molar-refractivity contribution in [2.24, 2.45) is 0 Å². The predicted molar refractivity (Wildman–Crippen MR) is 39.7 cm³/mol. The van der Waals surface area contributed by atoms with Crippen LogP contribution in [0, 0.1) is 0 Å². The topological polar surface area (TPSA) is 34.3 Å². The molecular formula is C7H16NOV-. The fourth-order valence-corrected chi connectivity index (χ4v) is 0.548. The third-order valence-electron chi connectivity index (χ3n) is 1.09. The van der Waals surface area contributed by atoms with Crippen LogP contribution in [0.15, 0.2) is 0 Å². The second-order valence-electron chi connectivity index (χ2n) is 2.31. The first-order valence-electron chi connectivity index (χ1n) is 3.58. The van der Waals surface area contributed by atoms with Crippen molar-refractivity contribution in [1.29, 1.82) is 0 Å². The molecule has 1 radical (unpaired) electrons. The molecule has 1 N–H and O–H groups in total. The van der Waals surface area contributed by atoms with Gasteiger partial charge < -0.3 is 10.4 Å². The van der Waals surface area contributed by atoms with E-state index in [-0.39, 0.29) is 24.7 Å². The van der Waals surface area contributed by atoms with Crippen molar-refractivity contribution >= 4 is 0 Å². The molecule has 0 amide bonds. The van der Waals surface area contributed by atoms with Gasteiger partial charge in [-0.3, -0.25) is 0 Å². The SMILES string of the molecule is CCC[N-]CCC(C)O.[V]. The van der Waals surface area contributed by atoms with E-state index in [9.17, 15) is 0 Å². The molecular weight excluding hydrogens is 165 g/mol. The Morgan fingerprint density at radius 2 is 2.00 bits per heavy atom. The van der Waals surface area contributed by atoms with Crippen LogP contribution in [0.4, 0.5) is 0 Å². The molecule has 0 fully saturated rings. The molecule has 0 aliphatic rings. The predicted octanol–water partition coefficient (Wildman–Crippen LogP) is 1.54. The summed E-state index contributed by atoms with van der Waals surface area (Å²) in [6.07, 6.45) is 1.73. The molecule has 3 heteroatoms. The Labute approximate surface area is 75.3 Å². The molecule has 0 aliphatic heterocycles. The van der Waals surface area contributed by atoms with Gasteiger partial charge >= 0.3 is 0 Å². The Bertz CT molecular complexity index is 59.6. The van der Waals surface area contributed by atoms with Crippen LogP contribution in [-0.4, -0.2) is 24.3 Å². The molecule has 61 valence electrons. The first-order valence-corrected chi connectivity index (χ1v) is 3.58. The summed E-state index contributed by atoms with van der Waals surface area (Å²) in [5.74, 6) is 0.